The number of rotatable bonds is 6. The van der Waals surface area contributed by atoms with E-state index in [9.17, 15) is 23.1 Å². The van der Waals surface area contributed by atoms with E-state index in [0.29, 0.717) is 0 Å². The number of esters is 1. The largest absolute Gasteiger partial charge is 0.505 e. The average molecular weight is 426 g/mol. The summed E-state index contributed by atoms with van der Waals surface area (Å²) < 4.78 is 52.6. The van der Waals surface area contributed by atoms with E-state index in [2.05, 4.69) is 6.58 Å². The van der Waals surface area contributed by atoms with Crippen molar-refractivity contribution in [2.45, 2.75) is 6.92 Å². The predicted octanol–water partition coefficient (Wildman–Crippen LogP) is 6.11. The van der Waals surface area contributed by atoms with Crippen LogP contribution in [-0.4, -0.2) is 11.1 Å². The Hall–Kier alpha value is -4.00. The van der Waals surface area contributed by atoms with Crippen molar-refractivity contribution in [3.05, 3.63) is 96.7 Å². The summed E-state index contributed by atoms with van der Waals surface area (Å²) in [5.74, 6) is -3.22. The second kappa shape index (κ2) is 9.21. The van der Waals surface area contributed by atoms with Crippen LogP contribution in [0, 0.1) is 17.5 Å². The van der Waals surface area contributed by atoms with E-state index in [1.54, 1.807) is 0 Å². The zero-order valence-electron chi connectivity index (χ0n) is 16.4. The van der Waals surface area contributed by atoms with Gasteiger partial charge in [0.1, 0.15) is 29.9 Å². The van der Waals surface area contributed by atoms with Crippen LogP contribution in [0.2, 0.25) is 0 Å². The first-order valence-electron chi connectivity index (χ1n) is 9.03. The van der Waals surface area contributed by atoms with Gasteiger partial charge in [0.15, 0.2) is 11.6 Å². The van der Waals surface area contributed by atoms with Crippen LogP contribution in [-0.2, 0) is 9.53 Å². The third-order valence-electron chi connectivity index (χ3n) is 4.26. The maximum atomic E-state index is 14.6. The Kier molecular flexibility index (Phi) is 6.45. The van der Waals surface area contributed by atoms with Gasteiger partial charge in [-0.15, -0.1) is 0 Å². The lowest BCUT2D eigenvalue weighted by molar-refractivity contribution is -0.133. The minimum atomic E-state index is -0.869. The first-order chi connectivity index (χ1) is 14.8. The molecule has 0 aliphatic carbocycles. The number of ether oxygens (including phenoxy) is 2. The highest BCUT2D eigenvalue weighted by Gasteiger charge is 2.12. The van der Waals surface area contributed by atoms with Gasteiger partial charge in [0.25, 0.3) is 0 Å². The summed E-state index contributed by atoms with van der Waals surface area (Å²) in [4.78, 5) is 11.2. The highest BCUT2D eigenvalue weighted by atomic mass is 19.1. The molecule has 0 aliphatic rings. The molecule has 0 aromatic heterocycles. The Labute approximate surface area is 176 Å². The fraction of sp³-hybridized carbons (Fsp3) is 0.0417. The molecule has 0 spiro atoms. The van der Waals surface area contributed by atoms with Crippen LogP contribution in [0.15, 0.2) is 79.3 Å². The Morgan fingerprint density at radius 1 is 0.871 bits per heavy atom. The summed E-state index contributed by atoms with van der Waals surface area (Å²) >= 11 is 0. The zero-order valence-corrected chi connectivity index (χ0v) is 16.4. The van der Waals surface area contributed by atoms with Crippen molar-refractivity contribution in [3.8, 4) is 33.8 Å². The van der Waals surface area contributed by atoms with Gasteiger partial charge in [-0.25, -0.2) is 18.0 Å². The minimum Gasteiger partial charge on any atom is -0.505 e. The zero-order chi connectivity index (χ0) is 22.5. The molecule has 0 radical (unpaired) electrons. The van der Waals surface area contributed by atoms with Gasteiger partial charge in [0.05, 0.1) is 0 Å². The second-order valence-corrected chi connectivity index (χ2v) is 6.58. The number of aromatic hydroxyl groups is 1. The van der Waals surface area contributed by atoms with Crippen LogP contribution >= 0.6 is 0 Å². The molecule has 0 amide bonds. The number of benzene rings is 3. The van der Waals surface area contributed by atoms with Crippen molar-refractivity contribution in [2.24, 2.45) is 0 Å². The maximum Gasteiger partial charge on any atom is 0.338 e. The smallest absolute Gasteiger partial charge is 0.338 e. The topological polar surface area (TPSA) is 55.8 Å². The van der Waals surface area contributed by atoms with Gasteiger partial charge in [0.2, 0.25) is 0 Å². The molecule has 0 bridgehead atoms. The molecule has 3 rings (SSSR count). The predicted molar refractivity (Wildman–Crippen MR) is 110 cm³/mol. The summed E-state index contributed by atoms with van der Waals surface area (Å²) in [6.07, 6.45) is 2.07. The van der Waals surface area contributed by atoms with Gasteiger partial charge in [-0.05, 0) is 48.4 Å². The SMILES string of the molecule is C=C(C)C(=O)O/C=C\Oc1ccc(-c2ccc(-c3ccc(O)c(F)c3)c(F)c2)c(F)c1. The Bertz CT molecular complexity index is 1190. The molecule has 4 nitrogen and oxygen atoms in total. The first kappa shape index (κ1) is 21.7. The highest BCUT2D eigenvalue weighted by Crippen LogP contribution is 2.32. The highest BCUT2D eigenvalue weighted by molar-refractivity contribution is 5.87. The van der Waals surface area contributed by atoms with E-state index in [0.717, 1.165) is 36.8 Å². The van der Waals surface area contributed by atoms with Crippen molar-refractivity contribution in [3.63, 3.8) is 0 Å². The van der Waals surface area contributed by atoms with E-state index < -0.39 is 29.2 Å². The molecule has 0 heterocycles. The van der Waals surface area contributed by atoms with Crippen LogP contribution in [0.4, 0.5) is 13.2 Å². The van der Waals surface area contributed by atoms with Gasteiger partial charge in [-0.2, -0.15) is 0 Å². The van der Waals surface area contributed by atoms with Gasteiger partial charge in [-0.3, -0.25) is 0 Å². The van der Waals surface area contributed by atoms with Crippen molar-refractivity contribution in [2.75, 3.05) is 0 Å². The molecule has 0 unspecified atom stereocenters. The summed E-state index contributed by atoms with van der Waals surface area (Å²) in [5, 5.41) is 9.27. The number of halogens is 3. The molecular formula is C24H17F3O4. The normalized spacial score (nSPS) is 10.8. The summed E-state index contributed by atoms with van der Waals surface area (Å²) in [6.45, 7) is 4.92. The molecule has 0 atom stereocenters. The first-order valence-corrected chi connectivity index (χ1v) is 9.03. The summed E-state index contributed by atoms with van der Waals surface area (Å²) in [6, 6.07) is 11.5. The van der Waals surface area contributed by atoms with E-state index in [4.69, 9.17) is 9.47 Å². The molecule has 0 aliphatic heterocycles. The fourth-order valence-corrected chi connectivity index (χ4v) is 2.69. The monoisotopic (exact) mass is 426 g/mol. The fourth-order valence-electron chi connectivity index (χ4n) is 2.69. The molecule has 0 saturated carbocycles. The quantitative estimate of drug-likeness (QED) is 0.293. The second-order valence-electron chi connectivity index (χ2n) is 6.58. The molecule has 3 aromatic rings. The lowest BCUT2D eigenvalue weighted by atomic mass is 9.99. The standard InChI is InChI=1S/C24H17F3O4/c1-14(2)24(29)31-10-9-30-17-5-7-19(21(26)13-17)15-3-6-18(20(25)11-15)16-4-8-23(28)22(27)12-16/h3-13,28H,1H2,2H3/b10-9-. The van der Waals surface area contributed by atoms with E-state index >= 15 is 0 Å². The van der Waals surface area contributed by atoms with Crippen LogP contribution in [0.5, 0.6) is 11.5 Å². The number of carbonyl (C=O) groups is 1. The van der Waals surface area contributed by atoms with Crippen molar-refractivity contribution in [1.29, 1.82) is 0 Å². The number of carbonyl (C=O) groups excluding carboxylic acids is 1. The van der Waals surface area contributed by atoms with Crippen LogP contribution < -0.4 is 4.74 Å². The van der Waals surface area contributed by atoms with E-state index in [1.165, 1.54) is 37.3 Å². The Morgan fingerprint density at radius 2 is 1.45 bits per heavy atom. The van der Waals surface area contributed by atoms with Gasteiger partial charge in [-0.1, -0.05) is 24.8 Å². The Morgan fingerprint density at radius 3 is 2.03 bits per heavy atom. The van der Waals surface area contributed by atoms with Gasteiger partial charge < -0.3 is 14.6 Å². The third-order valence-corrected chi connectivity index (χ3v) is 4.26. The molecule has 0 saturated heterocycles. The van der Waals surface area contributed by atoms with Crippen LogP contribution in [0.1, 0.15) is 6.92 Å². The van der Waals surface area contributed by atoms with Crippen LogP contribution in [0.25, 0.3) is 22.3 Å². The molecule has 7 heteroatoms. The molecule has 0 fully saturated rings. The van der Waals surface area contributed by atoms with Gasteiger partial charge in [0, 0.05) is 22.8 Å². The molecular weight excluding hydrogens is 409 g/mol. The van der Waals surface area contributed by atoms with Crippen molar-refractivity contribution in [1.82, 2.24) is 0 Å². The number of phenolic OH excluding ortho intramolecular Hbond substituents is 1. The summed E-state index contributed by atoms with van der Waals surface area (Å²) in [5.41, 5.74) is 0.969. The number of hydrogen-bond donors (Lipinski definition) is 1. The number of phenols is 1. The maximum absolute atomic E-state index is 14.6. The Balaban J connectivity index is 1.77. The van der Waals surface area contributed by atoms with E-state index in [1.807, 2.05) is 0 Å². The lowest BCUT2D eigenvalue weighted by Crippen LogP contribution is -1.99. The molecule has 1 N–H and O–H groups in total. The summed E-state index contributed by atoms with van der Waals surface area (Å²) in [7, 11) is 0. The number of hydrogen-bond acceptors (Lipinski definition) is 4. The lowest BCUT2D eigenvalue weighted by Gasteiger charge is -2.09. The van der Waals surface area contributed by atoms with Crippen LogP contribution in [0.3, 0.4) is 0 Å². The molecule has 158 valence electrons. The van der Waals surface area contributed by atoms with Gasteiger partial charge >= 0.3 is 5.97 Å². The molecule has 3 aromatic carbocycles. The average Bonchev–Trinajstić information content (AvgIpc) is 2.73. The molecule has 31 heavy (non-hydrogen) atoms. The third kappa shape index (κ3) is 5.14. The van der Waals surface area contributed by atoms with Crippen molar-refractivity contribution < 1.29 is 32.5 Å². The van der Waals surface area contributed by atoms with E-state index in [-0.39, 0.29) is 33.6 Å². The minimum absolute atomic E-state index is 0.109. The van der Waals surface area contributed by atoms with Crippen molar-refractivity contribution >= 4 is 5.97 Å².